The number of carbonyl (C=O) groups excluding carboxylic acids is 2. The molecule has 1 aromatic rings. The van der Waals surface area contributed by atoms with Gasteiger partial charge in [0, 0.05) is 6.42 Å². The smallest absolute Gasteiger partial charge is 0.338 e. The number of benzene rings is 1. The minimum absolute atomic E-state index is 0.0835. The first-order chi connectivity index (χ1) is 9.01. The van der Waals surface area contributed by atoms with E-state index in [9.17, 15) is 14.4 Å². The Bertz CT molecular complexity index is 510. The molecule has 6 heteroatoms. The molecule has 19 heavy (non-hydrogen) atoms. The van der Waals surface area contributed by atoms with Crippen molar-refractivity contribution in [2.45, 2.75) is 13.3 Å². The van der Waals surface area contributed by atoms with Gasteiger partial charge in [-0.25, -0.2) is 9.59 Å². The van der Waals surface area contributed by atoms with Crippen LogP contribution in [0, 0.1) is 0 Å². The largest absolute Gasteiger partial charge is 0.478 e. The minimum Gasteiger partial charge on any atom is -0.478 e. The maximum absolute atomic E-state index is 11.8. The summed E-state index contributed by atoms with van der Waals surface area (Å²) in [6, 6.07) is 4.20. The van der Waals surface area contributed by atoms with E-state index in [1.54, 1.807) is 6.92 Å². The van der Waals surface area contributed by atoms with E-state index in [0.29, 0.717) is 0 Å². The summed E-state index contributed by atoms with van der Waals surface area (Å²) in [6.07, 6.45) is -0.208. The maximum Gasteiger partial charge on any atom is 0.338 e. The van der Waals surface area contributed by atoms with E-state index in [4.69, 9.17) is 21.4 Å². The van der Waals surface area contributed by atoms with E-state index in [1.807, 2.05) is 0 Å². The zero-order valence-corrected chi connectivity index (χ0v) is 11.1. The lowest BCUT2D eigenvalue weighted by Crippen LogP contribution is -2.16. The van der Waals surface area contributed by atoms with Gasteiger partial charge in [-0.3, -0.25) is 4.79 Å². The molecule has 0 atom stereocenters. The SMILES string of the molecule is CCOC(=O)c1cccc(C(=O)O)c1CC(=O)CCl. The van der Waals surface area contributed by atoms with Crippen molar-refractivity contribution >= 4 is 29.3 Å². The first-order valence-corrected chi connectivity index (χ1v) is 6.14. The van der Waals surface area contributed by atoms with Gasteiger partial charge in [0.2, 0.25) is 0 Å². The Morgan fingerprint density at radius 3 is 2.42 bits per heavy atom. The van der Waals surface area contributed by atoms with Crippen LogP contribution >= 0.6 is 11.6 Å². The standard InChI is InChI=1S/C13H13ClO5/c1-2-19-13(18)10-5-3-4-9(12(16)17)11(10)6-8(15)7-14/h3-5H,2,6-7H2,1H3,(H,16,17). The number of halogens is 1. The molecule has 102 valence electrons. The topological polar surface area (TPSA) is 80.7 Å². The summed E-state index contributed by atoms with van der Waals surface area (Å²) in [4.78, 5) is 34.3. The van der Waals surface area contributed by atoms with Crippen LogP contribution < -0.4 is 0 Å². The van der Waals surface area contributed by atoms with Crippen LogP contribution in [0.15, 0.2) is 18.2 Å². The van der Waals surface area contributed by atoms with Crippen molar-refractivity contribution < 1.29 is 24.2 Å². The lowest BCUT2D eigenvalue weighted by Gasteiger charge is -2.10. The number of ketones is 1. The molecule has 0 amide bonds. The minimum atomic E-state index is -1.21. The Balaban J connectivity index is 3.29. The van der Waals surface area contributed by atoms with Gasteiger partial charge in [0.15, 0.2) is 5.78 Å². The van der Waals surface area contributed by atoms with Gasteiger partial charge in [-0.15, -0.1) is 11.6 Å². The van der Waals surface area contributed by atoms with Crippen molar-refractivity contribution in [3.8, 4) is 0 Å². The number of rotatable bonds is 6. The summed E-state index contributed by atoms with van der Waals surface area (Å²) < 4.78 is 4.84. The van der Waals surface area contributed by atoms with Crippen LogP contribution in [-0.2, 0) is 16.0 Å². The van der Waals surface area contributed by atoms with Crippen LogP contribution in [-0.4, -0.2) is 35.3 Å². The summed E-state index contributed by atoms with van der Waals surface area (Å²) in [5, 5.41) is 9.09. The Kier molecular flexibility index (Phi) is 5.51. The quantitative estimate of drug-likeness (QED) is 0.637. The first-order valence-electron chi connectivity index (χ1n) is 5.61. The number of carboxylic acids is 1. The molecule has 0 aliphatic heterocycles. The average molecular weight is 285 g/mol. The molecule has 1 N–H and O–H groups in total. The Morgan fingerprint density at radius 2 is 1.89 bits per heavy atom. The van der Waals surface area contributed by atoms with Gasteiger partial charge in [-0.05, 0) is 24.6 Å². The highest BCUT2D eigenvalue weighted by Crippen LogP contribution is 2.18. The Morgan fingerprint density at radius 1 is 1.26 bits per heavy atom. The molecule has 0 aromatic heterocycles. The second kappa shape index (κ2) is 6.89. The van der Waals surface area contributed by atoms with Crippen LogP contribution in [0.5, 0.6) is 0 Å². The average Bonchev–Trinajstić information content (AvgIpc) is 2.38. The molecule has 0 saturated carbocycles. The molecule has 0 unspecified atom stereocenters. The summed E-state index contributed by atoms with van der Waals surface area (Å²) in [6.45, 7) is 1.81. The van der Waals surface area contributed by atoms with Crippen molar-refractivity contribution in [1.82, 2.24) is 0 Å². The number of aromatic carboxylic acids is 1. The van der Waals surface area contributed by atoms with Crippen molar-refractivity contribution in [1.29, 1.82) is 0 Å². The summed E-state index contributed by atoms with van der Waals surface area (Å²) in [5.74, 6) is -2.46. The van der Waals surface area contributed by atoms with Crippen LogP contribution in [0.4, 0.5) is 0 Å². The second-order valence-electron chi connectivity index (χ2n) is 3.71. The third kappa shape index (κ3) is 3.79. The van der Waals surface area contributed by atoms with E-state index in [-0.39, 0.29) is 41.4 Å². The molecular weight excluding hydrogens is 272 g/mol. The molecule has 0 aliphatic carbocycles. The Labute approximate surface area is 115 Å². The van der Waals surface area contributed by atoms with E-state index < -0.39 is 11.9 Å². The predicted octanol–water partition coefficient (Wildman–Crippen LogP) is 1.91. The van der Waals surface area contributed by atoms with Crippen LogP contribution in [0.25, 0.3) is 0 Å². The summed E-state index contributed by atoms with van der Waals surface area (Å²) in [5.41, 5.74) is 0.128. The number of Topliss-reactive ketones (excluding diaryl/α,β-unsaturated/α-hetero) is 1. The molecule has 0 heterocycles. The number of ether oxygens (including phenoxy) is 1. The number of hydrogen-bond donors (Lipinski definition) is 1. The van der Waals surface area contributed by atoms with Crippen LogP contribution in [0.3, 0.4) is 0 Å². The van der Waals surface area contributed by atoms with E-state index in [1.165, 1.54) is 18.2 Å². The molecular formula is C13H13ClO5. The van der Waals surface area contributed by atoms with E-state index in [0.717, 1.165) is 0 Å². The maximum atomic E-state index is 11.8. The van der Waals surface area contributed by atoms with Crippen molar-refractivity contribution in [3.05, 3.63) is 34.9 Å². The lowest BCUT2D eigenvalue weighted by molar-refractivity contribution is -0.116. The third-order valence-corrected chi connectivity index (χ3v) is 2.72. The highest BCUT2D eigenvalue weighted by Gasteiger charge is 2.21. The molecule has 0 spiro atoms. The number of alkyl halides is 1. The third-order valence-electron chi connectivity index (χ3n) is 2.42. The predicted molar refractivity (Wildman–Crippen MR) is 68.8 cm³/mol. The lowest BCUT2D eigenvalue weighted by atomic mass is 9.96. The number of carboxylic acid groups (broad SMARTS) is 1. The highest BCUT2D eigenvalue weighted by molar-refractivity contribution is 6.28. The fraction of sp³-hybridized carbons (Fsp3) is 0.308. The van der Waals surface area contributed by atoms with Crippen molar-refractivity contribution in [2.75, 3.05) is 12.5 Å². The van der Waals surface area contributed by atoms with Crippen LogP contribution in [0.2, 0.25) is 0 Å². The molecule has 0 radical (unpaired) electrons. The Hall–Kier alpha value is -1.88. The first kappa shape index (κ1) is 15.2. The van der Waals surface area contributed by atoms with Gasteiger partial charge in [0.1, 0.15) is 0 Å². The molecule has 0 bridgehead atoms. The van der Waals surface area contributed by atoms with Crippen LogP contribution in [0.1, 0.15) is 33.2 Å². The van der Waals surface area contributed by atoms with E-state index >= 15 is 0 Å². The molecule has 5 nitrogen and oxygen atoms in total. The zero-order valence-electron chi connectivity index (χ0n) is 10.3. The number of esters is 1. The second-order valence-corrected chi connectivity index (χ2v) is 3.97. The van der Waals surface area contributed by atoms with Gasteiger partial charge in [0.05, 0.1) is 23.6 Å². The van der Waals surface area contributed by atoms with Gasteiger partial charge >= 0.3 is 11.9 Å². The number of hydrogen-bond acceptors (Lipinski definition) is 4. The molecule has 0 fully saturated rings. The van der Waals surface area contributed by atoms with Gasteiger partial charge < -0.3 is 9.84 Å². The van der Waals surface area contributed by atoms with Gasteiger partial charge in [-0.1, -0.05) is 6.07 Å². The zero-order chi connectivity index (χ0) is 14.4. The molecule has 0 saturated heterocycles. The van der Waals surface area contributed by atoms with Gasteiger partial charge in [-0.2, -0.15) is 0 Å². The van der Waals surface area contributed by atoms with E-state index in [2.05, 4.69) is 0 Å². The fourth-order valence-corrected chi connectivity index (χ4v) is 1.72. The fourth-order valence-electron chi connectivity index (χ4n) is 1.62. The molecule has 1 rings (SSSR count). The summed E-state index contributed by atoms with van der Waals surface area (Å²) >= 11 is 5.41. The monoisotopic (exact) mass is 284 g/mol. The molecule has 0 aliphatic rings. The highest BCUT2D eigenvalue weighted by atomic mass is 35.5. The molecule has 1 aromatic carbocycles. The summed E-state index contributed by atoms with van der Waals surface area (Å²) in [7, 11) is 0. The van der Waals surface area contributed by atoms with Crippen molar-refractivity contribution in [2.24, 2.45) is 0 Å². The number of carbonyl (C=O) groups is 3. The van der Waals surface area contributed by atoms with Crippen molar-refractivity contribution in [3.63, 3.8) is 0 Å². The normalized spacial score (nSPS) is 10.0. The van der Waals surface area contributed by atoms with Gasteiger partial charge in [0.25, 0.3) is 0 Å².